The molecule has 0 aliphatic carbocycles. The van der Waals surface area contributed by atoms with Gasteiger partial charge in [0.2, 0.25) is 0 Å². The van der Waals surface area contributed by atoms with E-state index in [1.54, 1.807) is 0 Å². The molecule has 68 valence electrons. The second-order valence-electron chi connectivity index (χ2n) is 2.86. The van der Waals surface area contributed by atoms with Gasteiger partial charge in [0.25, 0.3) is 0 Å². The predicted octanol–water partition coefficient (Wildman–Crippen LogP) is 2.89. The van der Waals surface area contributed by atoms with E-state index >= 15 is 0 Å². The topological polar surface area (TPSA) is 34.1 Å². The number of rotatable bonds is 6. The fourth-order valence-electron chi connectivity index (χ4n) is 0.831. The Hall–Kier alpha value is 0.119. The first kappa shape index (κ1) is 11.1. The number of hydrogen-bond acceptors (Lipinski definition) is 2. The van der Waals surface area contributed by atoms with Crippen LogP contribution in [0, 0.1) is 0 Å². The van der Waals surface area contributed by atoms with Crippen LogP contribution in [0.25, 0.3) is 0 Å². The van der Waals surface area contributed by atoms with E-state index in [0.29, 0.717) is 10.6 Å². The molecule has 0 atom stereocenters. The van der Waals surface area contributed by atoms with Crippen LogP contribution in [0.1, 0.15) is 39.5 Å². The van der Waals surface area contributed by atoms with Gasteiger partial charge in [-0.05, 0) is 0 Å². The summed E-state index contributed by atoms with van der Waals surface area (Å²) in [5, 5.41) is 0.903. The Bertz CT molecular complexity index is 157. The van der Waals surface area contributed by atoms with Crippen molar-refractivity contribution in [1.29, 1.82) is 0 Å². The summed E-state index contributed by atoms with van der Waals surface area (Å²) < 4.78 is 22.4. The summed E-state index contributed by atoms with van der Waals surface area (Å²) in [6.07, 6.45) is 3.65. The zero-order valence-corrected chi connectivity index (χ0v) is 9.18. The molecule has 0 amide bonds. The zero-order valence-electron chi connectivity index (χ0n) is 7.47. The van der Waals surface area contributed by atoms with Crippen LogP contribution >= 0.6 is 0 Å². The normalized spacial score (nSPS) is 11.8. The molecule has 0 heterocycles. The van der Waals surface area contributed by atoms with E-state index in [1.807, 2.05) is 13.8 Å². The first-order valence-corrected chi connectivity index (χ1v) is 8.15. The van der Waals surface area contributed by atoms with E-state index < -0.39 is 12.7 Å². The van der Waals surface area contributed by atoms with Gasteiger partial charge in [-0.2, -0.15) is 0 Å². The van der Waals surface area contributed by atoms with E-state index in [4.69, 9.17) is 0 Å². The molecule has 0 saturated carbocycles. The second kappa shape index (κ2) is 5.73. The molecule has 0 spiro atoms. The zero-order chi connectivity index (χ0) is 8.74. The van der Waals surface area contributed by atoms with E-state index in [2.05, 4.69) is 0 Å². The van der Waals surface area contributed by atoms with Crippen molar-refractivity contribution in [3.8, 4) is 0 Å². The van der Waals surface area contributed by atoms with Gasteiger partial charge in [0.1, 0.15) is 0 Å². The third-order valence-corrected chi connectivity index (χ3v) is 5.44. The fourth-order valence-corrected chi connectivity index (χ4v) is 4.32. The summed E-state index contributed by atoms with van der Waals surface area (Å²) >= 11 is -3.41. The Morgan fingerprint density at radius 3 is 1.55 bits per heavy atom. The molecule has 0 aromatic rings. The summed E-state index contributed by atoms with van der Waals surface area (Å²) in [5.41, 5.74) is 0. The van der Waals surface area contributed by atoms with Gasteiger partial charge in [-0.15, -0.1) is 0 Å². The van der Waals surface area contributed by atoms with Gasteiger partial charge in [-0.25, -0.2) is 0 Å². The molecule has 0 unspecified atom stereocenters. The molecule has 0 bridgehead atoms. The van der Waals surface area contributed by atoms with Crippen molar-refractivity contribution in [2.75, 3.05) is 0 Å². The SMILES string of the molecule is CCCC[Se](=O)(=O)CCCC. The minimum atomic E-state index is -3.41. The average Bonchev–Trinajstić information content (AvgIpc) is 1.97. The molecule has 3 heteroatoms. The molecule has 0 fully saturated rings. The fraction of sp³-hybridized carbons (Fsp3) is 1.00. The molecular weight excluding hydrogens is 207 g/mol. The minimum absolute atomic E-state index is 0.451. The monoisotopic (exact) mass is 226 g/mol. The molecule has 11 heavy (non-hydrogen) atoms. The van der Waals surface area contributed by atoms with Crippen molar-refractivity contribution >= 4 is 12.7 Å². The van der Waals surface area contributed by atoms with Crippen molar-refractivity contribution in [3.63, 3.8) is 0 Å². The third-order valence-electron chi connectivity index (χ3n) is 1.62. The summed E-state index contributed by atoms with van der Waals surface area (Å²) in [6, 6.07) is 0. The molecule has 0 aliphatic heterocycles. The van der Waals surface area contributed by atoms with E-state index in [0.717, 1.165) is 25.7 Å². The molecule has 0 rings (SSSR count). The van der Waals surface area contributed by atoms with Crippen LogP contribution < -0.4 is 0 Å². The molecule has 0 aromatic carbocycles. The summed E-state index contributed by atoms with van der Waals surface area (Å²) in [5.74, 6) is 0. The van der Waals surface area contributed by atoms with Crippen LogP contribution in [-0.4, -0.2) is 12.7 Å². The van der Waals surface area contributed by atoms with E-state index in [9.17, 15) is 7.67 Å². The van der Waals surface area contributed by atoms with Crippen molar-refractivity contribution in [3.05, 3.63) is 0 Å². The van der Waals surface area contributed by atoms with Gasteiger partial charge in [0.05, 0.1) is 0 Å². The molecule has 0 N–H and O–H groups in total. The van der Waals surface area contributed by atoms with Crippen LogP contribution in [0.2, 0.25) is 10.6 Å². The quantitative estimate of drug-likeness (QED) is 0.651. The van der Waals surface area contributed by atoms with Crippen molar-refractivity contribution in [2.24, 2.45) is 0 Å². The Morgan fingerprint density at radius 1 is 0.909 bits per heavy atom. The van der Waals surface area contributed by atoms with E-state index in [-0.39, 0.29) is 0 Å². The Labute approximate surface area is 71.0 Å². The first-order valence-electron chi connectivity index (χ1n) is 4.32. The molecule has 0 aliphatic rings. The summed E-state index contributed by atoms with van der Waals surface area (Å²) in [6.45, 7) is 4.04. The molecular formula is C8H18O2Se. The van der Waals surface area contributed by atoms with Crippen molar-refractivity contribution in [1.82, 2.24) is 0 Å². The first-order chi connectivity index (χ1) is 5.12. The van der Waals surface area contributed by atoms with Crippen molar-refractivity contribution < 1.29 is 7.67 Å². The Morgan fingerprint density at radius 2 is 1.27 bits per heavy atom. The molecule has 0 radical (unpaired) electrons. The van der Waals surface area contributed by atoms with Gasteiger partial charge in [-0.1, -0.05) is 0 Å². The maximum atomic E-state index is 11.2. The summed E-state index contributed by atoms with van der Waals surface area (Å²) in [4.78, 5) is 0. The maximum absolute atomic E-state index is 11.2. The van der Waals surface area contributed by atoms with E-state index in [1.165, 1.54) is 0 Å². The standard InChI is InChI=1S/C8H18O2Se/c1-3-5-7-11(9,10)8-6-4-2/h3-8H2,1-2H3. The van der Waals surface area contributed by atoms with Crippen LogP contribution in [-0.2, 0) is 7.67 Å². The second-order valence-corrected chi connectivity index (χ2v) is 7.69. The Balaban J connectivity index is 3.63. The van der Waals surface area contributed by atoms with Gasteiger partial charge < -0.3 is 0 Å². The van der Waals surface area contributed by atoms with Crippen LogP contribution in [0.3, 0.4) is 0 Å². The molecule has 2 nitrogen and oxygen atoms in total. The number of hydrogen-bond donors (Lipinski definition) is 0. The van der Waals surface area contributed by atoms with Gasteiger partial charge in [0, 0.05) is 0 Å². The van der Waals surface area contributed by atoms with Gasteiger partial charge in [0.15, 0.2) is 0 Å². The van der Waals surface area contributed by atoms with Crippen LogP contribution in [0.5, 0.6) is 0 Å². The summed E-state index contributed by atoms with van der Waals surface area (Å²) in [7, 11) is 0. The van der Waals surface area contributed by atoms with Gasteiger partial charge >= 0.3 is 70.5 Å². The predicted molar refractivity (Wildman–Crippen MR) is 46.6 cm³/mol. The average molecular weight is 225 g/mol. The molecule has 0 aromatic heterocycles. The third kappa shape index (κ3) is 6.51. The molecule has 0 saturated heterocycles. The van der Waals surface area contributed by atoms with Crippen LogP contribution in [0.4, 0.5) is 0 Å². The van der Waals surface area contributed by atoms with Crippen molar-refractivity contribution in [2.45, 2.75) is 50.2 Å². The van der Waals surface area contributed by atoms with Crippen LogP contribution in [0.15, 0.2) is 0 Å². The Kier molecular flexibility index (Phi) is 5.79. The van der Waals surface area contributed by atoms with Gasteiger partial charge in [-0.3, -0.25) is 0 Å². The number of unbranched alkanes of at least 4 members (excludes halogenated alkanes) is 2.